The lowest BCUT2D eigenvalue weighted by molar-refractivity contribution is -0.118. The fraction of sp³-hybridized carbons (Fsp3) is 0.382. The van der Waals surface area contributed by atoms with Gasteiger partial charge in [0.15, 0.2) is 0 Å². The molecule has 0 bridgehead atoms. The van der Waals surface area contributed by atoms with Gasteiger partial charge in [-0.25, -0.2) is 8.78 Å². The second kappa shape index (κ2) is 13.7. The molecule has 0 radical (unpaired) electrons. The number of methoxy groups -OCH3 is 1. The van der Waals surface area contributed by atoms with Crippen LogP contribution in [0, 0.1) is 28.4 Å². The minimum absolute atomic E-state index is 0.00986. The molecule has 45 heavy (non-hydrogen) atoms. The molecule has 11 heteroatoms. The zero-order valence-electron chi connectivity index (χ0n) is 25.7. The molecule has 1 fully saturated rings. The number of nitrogens with zero attached hydrogens (tertiary/aromatic N) is 1. The molecule has 238 valence electrons. The molecule has 1 aliphatic heterocycles. The zero-order valence-corrected chi connectivity index (χ0v) is 27.2. The molecule has 4 atom stereocenters. The molecule has 0 unspecified atom stereocenters. The summed E-state index contributed by atoms with van der Waals surface area (Å²) in [4.78, 5) is 26.6. The van der Waals surface area contributed by atoms with Gasteiger partial charge in [-0.3, -0.25) is 9.59 Å². The average molecular weight is 658 g/mol. The van der Waals surface area contributed by atoms with Gasteiger partial charge in [0, 0.05) is 34.7 Å². The highest BCUT2D eigenvalue weighted by atomic mass is 35.5. The van der Waals surface area contributed by atoms with E-state index in [1.54, 1.807) is 6.92 Å². The van der Waals surface area contributed by atoms with Crippen LogP contribution in [0.1, 0.15) is 67.9 Å². The number of rotatable bonds is 9. The van der Waals surface area contributed by atoms with Crippen molar-refractivity contribution in [3.8, 4) is 11.8 Å². The molecular weight excluding hydrogens is 621 g/mol. The van der Waals surface area contributed by atoms with E-state index in [0.29, 0.717) is 24.9 Å². The van der Waals surface area contributed by atoms with Gasteiger partial charge in [0.05, 0.1) is 29.9 Å². The van der Waals surface area contributed by atoms with Crippen LogP contribution in [0.15, 0.2) is 54.6 Å². The highest BCUT2D eigenvalue weighted by Gasteiger charge is 2.60. The van der Waals surface area contributed by atoms with Gasteiger partial charge in [-0.2, -0.15) is 5.26 Å². The zero-order chi connectivity index (χ0) is 33.1. The predicted molar refractivity (Wildman–Crippen MR) is 172 cm³/mol. The molecule has 3 N–H and O–H groups in total. The number of amides is 2. The number of halogens is 4. The van der Waals surface area contributed by atoms with Crippen LogP contribution in [0.5, 0.6) is 5.75 Å². The fourth-order valence-electron chi connectivity index (χ4n) is 6.02. The lowest BCUT2D eigenvalue weighted by Crippen LogP contribution is -2.43. The van der Waals surface area contributed by atoms with Crippen LogP contribution in [0.2, 0.25) is 10.0 Å². The third-order valence-corrected chi connectivity index (χ3v) is 8.68. The average Bonchev–Trinajstić information content (AvgIpc) is 3.32. The summed E-state index contributed by atoms with van der Waals surface area (Å²) >= 11 is 12.3. The Balaban J connectivity index is 1.89. The summed E-state index contributed by atoms with van der Waals surface area (Å²) in [6.45, 7) is 8.33. The monoisotopic (exact) mass is 656 g/mol. The summed E-state index contributed by atoms with van der Waals surface area (Å²) < 4.78 is 37.2. The maximum Gasteiger partial charge on any atom is 0.251 e. The molecule has 7 nitrogen and oxygen atoms in total. The van der Waals surface area contributed by atoms with Crippen LogP contribution in [-0.4, -0.2) is 37.6 Å². The fourth-order valence-corrected chi connectivity index (χ4v) is 6.36. The van der Waals surface area contributed by atoms with Gasteiger partial charge in [-0.15, -0.1) is 0 Å². The largest absolute Gasteiger partial charge is 0.495 e. The Morgan fingerprint density at radius 3 is 2.47 bits per heavy atom. The maximum atomic E-state index is 15.9. The van der Waals surface area contributed by atoms with E-state index in [0.717, 1.165) is 6.07 Å². The number of carbonyl (C=O) groups excluding carboxylic acids is 2. The molecule has 2 amide bonds. The van der Waals surface area contributed by atoms with Crippen LogP contribution in [0.3, 0.4) is 0 Å². The van der Waals surface area contributed by atoms with Crippen molar-refractivity contribution in [1.29, 1.82) is 5.26 Å². The van der Waals surface area contributed by atoms with Gasteiger partial charge < -0.3 is 20.7 Å². The van der Waals surface area contributed by atoms with Gasteiger partial charge in [-0.05, 0) is 67.1 Å². The molecule has 0 spiro atoms. The maximum absolute atomic E-state index is 15.9. The summed E-state index contributed by atoms with van der Waals surface area (Å²) in [5, 5.41) is 19.8. The summed E-state index contributed by atoms with van der Waals surface area (Å²) in [6, 6.07) is 13.3. The summed E-state index contributed by atoms with van der Waals surface area (Å²) in [5.74, 6) is -3.48. The molecule has 3 aromatic carbocycles. The van der Waals surface area contributed by atoms with E-state index in [1.807, 2.05) is 20.8 Å². The quantitative estimate of drug-likeness (QED) is 0.223. The SMILES string of the molecule is CCNC(=O)c1ccc(NC(=O)[C@@H]2N[C@@H](CCC(C)(C)C)[C@](C#N)(c3ccc(Cl)cc3F)[C@H]2c2cccc(Cl)c2F)c(OC)c1. The summed E-state index contributed by atoms with van der Waals surface area (Å²) in [7, 11) is 1.40. The molecule has 1 aliphatic rings. The Morgan fingerprint density at radius 1 is 1.11 bits per heavy atom. The number of nitrogens with one attached hydrogen (secondary N) is 3. The standard InChI is InChI=1S/C34H36Cl2F2N4O3/c1-6-40-31(43)19-10-13-25(26(16-19)45-5)41-32(44)30-28(21-8-7-9-23(36)29(21)38)34(18-39,22-12-11-20(35)17-24(22)37)27(42-30)14-15-33(2,3)4/h7-13,16-17,27-28,30,42H,6,14-15H2,1-5H3,(H,40,43)(H,41,44)/t27-,28-,30+,34-/m0/s1. The van der Waals surface area contributed by atoms with Crippen molar-refractivity contribution in [2.75, 3.05) is 19.0 Å². The van der Waals surface area contributed by atoms with Crippen molar-refractivity contribution in [1.82, 2.24) is 10.6 Å². The Labute approximate surface area is 272 Å². The lowest BCUT2D eigenvalue weighted by Gasteiger charge is -2.36. The molecule has 0 aliphatic carbocycles. The predicted octanol–water partition coefficient (Wildman–Crippen LogP) is 7.38. The van der Waals surface area contributed by atoms with Gasteiger partial charge in [0.25, 0.3) is 5.91 Å². The highest BCUT2D eigenvalue weighted by Crippen LogP contribution is 2.52. The molecule has 1 heterocycles. The van der Waals surface area contributed by atoms with E-state index in [-0.39, 0.29) is 43.9 Å². The van der Waals surface area contributed by atoms with Crippen molar-refractivity contribution in [3.05, 3.63) is 93.0 Å². The normalized spacial score (nSPS) is 21.2. The topological polar surface area (TPSA) is 103 Å². The molecule has 4 rings (SSSR count). The molecule has 0 aromatic heterocycles. The first-order valence-electron chi connectivity index (χ1n) is 14.6. The molecule has 1 saturated heterocycles. The summed E-state index contributed by atoms with van der Waals surface area (Å²) in [6.07, 6.45) is 0.976. The van der Waals surface area contributed by atoms with Crippen LogP contribution in [0.25, 0.3) is 0 Å². The number of benzene rings is 3. The van der Waals surface area contributed by atoms with Gasteiger partial charge >= 0.3 is 0 Å². The second-order valence-corrected chi connectivity index (χ2v) is 13.1. The Morgan fingerprint density at radius 2 is 1.84 bits per heavy atom. The number of hydrogen-bond acceptors (Lipinski definition) is 5. The first-order valence-corrected chi connectivity index (χ1v) is 15.4. The van der Waals surface area contributed by atoms with Crippen LogP contribution >= 0.6 is 23.2 Å². The number of carbonyl (C=O) groups is 2. The second-order valence-electron chi connectivity index (χ2n) is 12.3. The first-order chi connectivity index (χ1) is 21.3. The van der Waals surface area contributed by atoms with Crippen molar-refractivity contribution >= 4 is 40.7 Å². The minimum atomic E-state index is -1.75. The van der Waals surface area contributed by atoms with Crippen molar-refractivity contribution in [2.45, 2.75) is 64.0 Å². The Bertz CT molecular complexity index is 1640. The molecular formula is C34H36Cl2F2N4O3. The van der Waals surface area contributed by atoms with E-state index in [1.165, 1.54) is 55.6 Å². The number of hydrogen-bond donors (Lipinski definition) is 3. The number of anilines is 1. The van der Waals surface area contributed by atoms with Crippen molar-refractivity contribution < 1.29 is 23.1 Å². The van der Waals surface area contributed by atoms with Gasteiger partial charge in [0.2, 0.25) is 5.91 Å². The van der Waals surface area contributed by atoms with Crippen molar-refractivity contribution in [2.24, 2.45) is 5.41 Å². The van der Waals surface area contributed by atoms with E-state index in [4.69, 9.17) is 27.9 Å². The Kier molecular flexibility index (Phi) is 10.4. The molecule has 3 aromatic rings. The number of nitriles is 1. The molecule has 0 saturated carbocycles. The lowest BCUT2D eigenvalue weighted by atomic mass is 9.63. The van der Waals surface area contributed by atoms with E-state index in [2.05, 4.69) is 22.0 Å². The third kappa shape index (κ3) is 6.94. The van der Waals surface area contributed by atoms with E-state index in [9.17, 15) is 14.9 Å². The van der Waals surface area contributed by atoms with Crippen LogP contribution < -0.4 is 20.7 Å². The van der Waals surface area contributed by atoms with Crippen LogP contribution in [0.4, 0.5) is 14.5 Å². The summed E-state index contributed by atoms with van der Waals surface area (Å²) in [5.41, 5.74) is -1.36. The van der Waals surface area contributed by atoms with Gasteiger partial charge in [0.1, 0.15) is 22.8 Å². The van der Waals surface area contributed by atoms with Crippen molar-refractivity contribution in [3.63, 3.8) is 0 Å². The Hall–Kier alpha value is -3.71. The van der Waals surface area contributed by atoms with E-state index < -0.39 is 41.0 Å². The first kappa shape index (κ1) is 34.2. The minimum Gasteiger partial charge on any atom is -0.495 e. The smallest absolute Gasteiger partial charge is 0.251 e. The van der Waals surface area contributed by atoms with E-state index >= 15 is 8.78 Å². The van der Waals surface area contributed by atoms with Gasteiger partial charge in [-0.1, -0.05) is 62.2 Å². The highest BCUT2D eigenvalue weighted by molar-refractivity contribution is 6.31. The van der Waals surface area contributed by atoms with Crippen LogP contribution in [-0.2, 0) is 10.2 Å². The number of ether oxygens (including phenoxy) is 1. The third-order valence-electron chi connectivity index (χ3n) is 8.16.